The molecule has 3 aromatic heterocycles. The fourth-order valence-electron chi connectivity index (χ4n) is 4.44. The summed E-state index contributed by atoms with van der Waals surface area (Å²) in [5.41, 5.74) is 6.65. The average Bonchev–Trinajstić information content (AvgIpc) is 3.36. The monoisotopic (exact) mass is 442 g/mol. The van der Waals surface area contributed by atoms with Crippen LogP contribution in [0.25, 0.3) is 33.1 Å². The van der Waals surface area contributed by atoms with Crippen LogP contribution in [0.5, 0.6) is 5.75 Å². The Morgan fingerprint density at radius 1 is 1.03 bits per heavy atom. The Balaban J connectivity index is 1.76. The lowest BCUT2D eigenvalue weighted by atomic mass is 10.0. The Hall–Kier alpha value is -3.71. The highest BCUT2D eigenvalue weighted by Gasteiger charge is 2.20. The fourth-order valence-corrected chi connectivity index (χ4v) is 4.44. The molecule has 0 aliphatic carbocycles. The van der Waals surface area contributed by atoms with Gasteiger partial charge < -0.3 is 18.6 Å². The quantitative estimate of drug-likeness (QED) is 0.349. The third-order valence-corrected chi connectivity index (χ3v) is 5.99. The molecule has 0 bridgehead atoms. The number of pyridine rings is 1. The SMILES string of the molecule is COCCc1nc2cnc3cc(-c4c(C)noc4C)c(OC)cc3c2n1Cc1ccccc1. The highest BCUT2D eigenvalue weighted by molar-refractivity contribution is 6.05. The summed E-state index contributed by atoms with van der Waals surface area (Å²) in [5, 5.41) is 5.11. The van der Waals surface area contributed by atoms with E-state index < -0.39 is 0 Å². The zero-order valence-electron chi connectivity index (χ0n) is 19.3. The lowest BCUT2D eigenvalue weighted by Crippen LogP contribution is -2.08. The largest absolute Gasteiger partial charge is 0.496 e. The van der Waals surface area contributed by atoms with Gasteiger partial charge in [-0.15, -0.1) is 0 Å². The normalized spacial score (nSPS) is 11.5. The van der Waals surface area contributed by atoms with Gasteiger partial charge in [-0.25, -0.2) is 4.98 Å². The minimum Gasteiger partial charge on any atom is -0.496 e. The molecular formula is C26H26N4O3. The number of aromatic nitrogens is 4. The fraction of sp³-hybridized carbons (Fsp3) is 0.269. The molecule has 0 saturated heterocycles. The minimum atomic E-state index is 0.600. The first-order chi connectivity index (χ1) is 16.1. The van der Waals surface area contributed by atoms with Gasteiger partial charge in [0.25, 0.3) is 0 Å². The molecule has 2 aromatic carbocycles. The Morgan fingerprint density at radius 3 is 2.55 bits per heavy atom. The first kappa shape index (κ1) is 21.2. The Bertz CT molecular complexity index is 1420. The first-order valence-electron chi connectivity index (χ1n) is 10.9. The van der Waals surface area contributed by atoms with Gasteiger partial charge in [0.05, 0.1) is 42.2 Å². The molecule has 0 atom stereocenters. The maximum absolute atomic E-state index is 5.82. The van der Waals surface area contributed by atoms with Crippen LogP contribution in [0.4, 0.5) is 0 Å². The number of aryl methyl sites for hydroxylation is 2. The summed E-state index contributed by atoms with van der Waals surface area (Å²) in [6.45, 7) is 5.15. The third kappa shape index (κ3) is 3.74. The van der Waals surface area contributed by atoms with Crippen LogP contribution in [0, 0.1) is 13.8 Å². The Morgan fingerprint density at radius 2 is 1.85 bits per heavy atom. The molecule has 3 heterocycles. The van der Waals surface area contributed by atoms with Crippen LogP contribution in [0.2, 0.25) is 0 Å². The predicted octanol–water partition coefficient (Wildman–Crippen LogP) is 5.10. The second kappa shape index (κ2) is 8.67. The lowest BCUT2D eigenvalue weighted by Gasteiger charge is -2.13. The molecule has 168 valence electrons. The second-order valence-electron chi connectivity index (χ2n) is 8.10. The van der Waals surface area contributed by atoms with Crippen molar-refractivity contribution in [3.05, 3.63) is 71.5 Å². The number of hydrogen-bond donors (Lipinski definition) is 0. The van der Waals surface area contributed by atoms with E-state index in [2.05, 4.69) is 46.1 Å². The summed E-state index contributed by atoms with van der Waals surface area (Å²) in [6, 6.07) is 14.5. The van der Waals surface area contributed by atoms with Crippen molar-refractivity contribution in [1.29, 1.82) is 0 Å². The van der Waals surface area contributed by atoms with E-state index in [1.807, 2.05) is 26.1 Å². The van der Waals surface area contributed by atoms with Gasteiger partial charge in [0.15, 0.2) is 0 Å². The van der Waals surface area contributed by atoms with Gasteiger partial charge in [0.1, 0.15) is 22.9 Å². The molecule has 7 heteroatoms. The molecule has 0 amide bonds. The maximum Gasteiger partial charge on any atom is 0.141 e. The van der Waals surface area contributed by atoms with Crippen molar-refractivity contribution in [3.8, 4) is 16.9 Å². The summed E-state index contributed by atoms with van der Waals surface area (Å²) in [5.74, 6) is 2.47. The first-order valence-corrected chi connectivity index (χ1v) is 10.9. The van der Waals surface area contributed by atoms with Crippen molar-refractivity contribution in [2.75, 3.05) is 20.8 Å². The maximum atomic E-state index is 5.82. The van der Waals surface area contributed by atoms with Crippen molar-refractivity contribution in [2.24, 2.45) is 0 Å². The molecule has 33 heavy (non-hydrogen) atoms. The smallest absolute Gasteiger partial charge is 0.141 e. The molecule has 0 aliphatic rings. The Kier molecular flexibility index (Phi) is 5.56. The molecule has 0 unspecified atom stereocenters. The second-order valence-corrected chi connectivity index (χ2v) is 8.10. The van der Waals surface area contributed by atoms with Crippen LogP contribution in [-0.2, 0) is 17.7 Å². The van der Waals surface area contributed by atoms with Gasteiger partial charge >= 0.3 is 0 Å². The van der Waals surface area contributed by atoms with Gasteiger partial charge in [-0.1, -0.05) is 35.5 Å². The molecule has 0 radical (unpaired) electrons. The van der Waals surface area contributed by atoms with Gasteiger partial charge in [-0.2, -0.15) is 0 Å². The number of imidazole rings is 1. The van der Waals surface area contributed by atoms with Crippen LogP contribution in [0.15, 0.2) is 53.2 Å². The number of nitrogens with zero attached hydrogens (tertiary/aromatic N) is 4. The van der Waals surface area contributed by atoms with Gasteiger partial charge in [-0.3, -0.25) is 4.98 Å². The molecule has 7 nitrogen and oxygen atoms in total. The van der Waals surface area contributed by atoms with E-state index >= 15 is 0 Å². The number of fused-ring (bicyclic) bond motifs is 3. The predicted molar refractivity (Wildman–Crippen MR) is 128 cm³/mol. The zero-order chi connectivity index (χ0) is 22.9. The lowest BCUT2D eigenvalue weighted by molar-refractivity contribution is 0.200. The number of methoxy groups -OCH3 is 2. The highest BCUT2D eigenvalue weighted by atomic mass is 16.5. The molecule has 0 N–H and O–H groups in total. The summed E-state index contributed by atoms with van der Waals surface area (Å²) < 4.78 is 18.8. The Labute approximate surface area is 192 Å². The van der Waals surface area contributed by atoms with Crippen LogP contribution < -0.4 is 4.74 Å². The van der Waals surface area contributed by atoms with Gasteiger partial charge in [0.2, 0.25) is 0 Å². The molecule has 5 aromatic rings. The topological polar surface area (TPSA) is 75.2 Å². The van der Waals surface area contributed by atoms with Crippen molar-refractivity contribution < 1.29 is 14.0 Å². The van der Waals surface area contributed by atoms with E-state index in [0.717, 1.165) is 56.1 Å². The molecule has 5 rings (SSSR count). The molecule has 0 spiro atoms. The van der Waals surface area contributed by atoms with Gasteiger partial charge in [-0.05, 0) is 31.5 Å². The van der Waals surface area contributed by atoms with E-state index in [1.165, 1.54) is 5.56 Å². The van der Waals surface area contributed by atoms with Crippen LogP contribution >= 0.6 is 0 Å². The van der Waals surface area contributed by atoms with Crippen molar-refractivity contribution in [1.82, 2.24) is 19.7 Å². The van der Waals surface area contributed by atoms with E-state index in [-0.39, 0.29) is 0 Å². The van der Waals surface area contributed by atoms with Crippen LogP contribution in [0.1, 0.15) is 22.8 Å². The van der Waals surface area contributed by atoms with Crippen LogP contribution in [0.3, 0.4) is 0 Å². The van der Waals surface area contributed by atoms with Gasteiger partial charge in [0, 0.05) is 31.0 Å². The summed E-state index contributed by atoms with van der Waals surface area (Å²) in [6.07, 6.45) is 2.56. The van der Waals surface area contributed by atoms with E-state index in [4.69, 9.17) is 24.0 Å². The van der Waals surface area contributed by atoms with Crippen LogP contribution in [-0.4, -0.2) is 40.5 Å². The summed E-state index contributed by atoms with van der Waals surface area (Å²) >= 11 is 0. The van der Waals surface area contributed by atoms with E-state index in [0.29, 0.717) is 19.6 Å². The summed E-state index contributed by atoms with van der Waals surface area (Å²) in [4.78, 5) is 9.65. The third-order valence-electron chi connectivity index (χ3n) is 5.99. The number of hydrogen-bond acceptors (Lipinski definition) is 6. The number of benzene rings is 2. The molecule has 0 fully saturated rings. The molecule has 0 aliphatic heterocycles. The number of rotatable bonds is 7. The van der Waals surface area contributed by atoms with Crippen molar-refractivity contribution in [2.45, 2.75) is 26.8 Å². The summed E-state index contributed by atoms with van der Waals surface area (Å²) in [7, 11) is 3.39. The van der Waals surface area contributed by atoms with Crippen molar-refractivity contribution >= 4 is 21.9 Å². The average molecular weight is 443 g/mol. The van der Waals surface area contributed by atoms with Crippen molar-refractivity contribution in [3.63, 3.8) is 0 Å². The zero-order valence-corrected chi connectivity index (χ0v) is 19.3. The number of ether oxygens (including phenoxy) is 2. The minimum absolute atomic E-state index is 0.600. The molecule has 0 saturated carbocycles. The molecular weight excluding hydrogens is 416 g/mol. The van der Waals surface area contributed by atoms with E-state index in [1.54, 1.807) is 14.2 Å². The standard InChI is InChI=1S/C26H26N4O3/c1-16-25(17(2)33-29-16)20-12-21-19(13-23(20)32-4)26-22(14-27-21)28-24(10-11-31-3)30(26)15-18-8-6-5-7-9-18/h5-9,12-14H,10-11,15H2,1-4H3. The van der Waals surface area contributed by atoms with E-state index in [9.17, 15) is 0 Å². The highest BCUT2D eigenvalue weighted by Crippen LogP contribution is 2.39.